The number of nitrogens with one attached hydrogen (secondary N) is 2. The second-order valence-electron chi connectivity index (χ2n) is 5.24. The maximum Gasteiger partial charge on any atom is 0.315 e. The molecule has 0 aromatic heterocycles. The number of benzene rings is 2. The Hall–Kier alpha value is -3.15. The van der Waals surface area contributed by atoms with E-state index in [0.717, 1.165) is 5.56 Å². The number of amides is 2. The van der Waals surface area contributed by atoms with Crippen LogP contribution < -0.4 is 10.6 Å². The number of rotatable bonds is 7. The van der Waals surface area contributed by atoms with Crippen molar-refractivity contribution in [1.29, 1.82) is 0 Å². The van der Waals surface area contributed by atoms with E-state index in [9.17, 15) is 14.4 Å². The average Bonchev–Trinajstić information content (AvgIpc) is 2.61. The average molecular weight is 340 g/mol. The van der Waals surface area contributed by atoms with E-state index >= 15 is 0 Å². The normalized spacial score (nSPS) is 9.96. The Morgan fingerprint density at radius 3 is 2.36 bits per heavy atom. The first kappa shape index (κ1) is 18.2. The van der Waals surface area contributed by atoms with Crippen LogP contribution in [0.3, 0.4) is 0 Å². The number of hydrogen-bond acceptors (Lipinski definition) is 4. The van der Waals surface area contributed by atoms with Gasteiger partial charge in [0.1, 0.15) is 6.42 Å². The van der Waals surface area contributed by atoms with Gasteiger partial charge < -0.3 is 15.4 Å². The Morgan fingerprint density at radius 2 is 1.64 bits per heavy atom. The molecule has 2 aromatic carbocycles. The third kappa shape index (κ3) is 5.76. The van der Waals surface area contributed by atoms with Crippen LogP contribution in [0, 0.1) is 0 Å². The van der Waals surface area contributed by atoms with Gasteiger partial charge in [0.05, 0.1) is 17.9 Å². The van der Waals surface area contributed by atoms with Gasteiger partial charge in [0.25, 0.3) is 5.91 Å². The molecule has 0 atom stereocenters. The number of para-hydroxylation sites is 1. The zero-order valence-corrected chi connectivity index (χ0v) is 14.0. The molecule has 0 bridgehead atoms. The van der Waals surface area contributed by atoms with Crippen molar-refractivity contribution in [2.24, 2.45) is 0 Å². The Bertz CT molecular complexity index is 744. The maximum absolute atomic E-state index is 12.4. The number of esters is 1. The molecule has 0 fully saturated rings. The molecule has 6 heteroatoms. The second kappa shape index (κ2) is 9.22. The Kier molecular flexibility index (Phi) is 6.71. The molecule has 0 aliphatic heterocycles. The third-order valence-corrected chi connectivity index (χ3v) is 3.35. The third-order valence-electron chi connectivity index (χ3n) is 3.35. The SMILES string of the molecule is CCOC(=O)CC(=O)Nc1ccccc1C(=O)NCc1ccccc1. The van der Waals surface area contributed by atoms with E-state index in [1.807, 2.05) is 30.3 Å². The zero-order valence-electron chi connectivity index (χ0n) is 14.0. The van der Waals surface area contributed by atoms with Gasteiger partial charge in [0.15, 0.2) is 0 Å². The van der Waals surface area contributed by atoms with E-state index in [4.69, 9.17) is 4.74 Å². The van der Waals surface area contributed by atoms with E-state index in [2.05, 4.69) is 10.6 Å². The lowest BCUT2D eigenvalue weighted by molar-refractivity contribution is -0.145. The lowest BCUT2D eigenvalue weighted by Gasteiger charge is -2.11. The molecule has 0 saturated carbocycles. The first-order valence-electron chi connectivity index (χ1n) is 7.96. The standard InChI is InChI=1S/C19H20N2O4/c1-2-25-18(23)12-17(22)21-16-11-7-6-10-15(16)19(24)20-13-14-8-4-3-5-9-14/h3-11H,2,12-13H2,1H3,(H,20,24)(H,21,22). The van der Waals surface area contributed by atoms with Crippen LogP contribution in [-0.2, 0) is 20.9 Å². The van der Waals surface area contributed by atoms with Crippen molar-refractivity contribution in [3.8, 4) is 0 Å². The lowest BCUT2D eigenvalue weighted by atomic mass is 10.1. The van der Waals surface area contributed by atoms with Crippen LogP contribution in [0.2, 0.25) is 0 Å². The van der Waals surface area contributed by atoms with Crippen LogP contribution in [0.5, 0.6) is 0 Å². The highest BCUT2D eigenvalue weighted by Gasteiger charge is 2.15. The summed E-state index contributed by atoms with van der Waals surface area (Å²) < 4.78 is 4.74. The lowest BCUT2D eigenvalue weighted by Crippen LogP contribution is -2.25. The highest BCUT2D eigenvalue weighted by molar-refractivity contribution is 6.07. The summed E-state index contributed by atoms with van der Waals surface area (Å²) in [4.78, 5) is 35.7. The zero-order chi connectivity index (χ0) is 18.1. The van der Waals surface area contributed by atoms with Crippen LogP contribution in [0.4, 0.5) is 5.69 Å². The van der Waals surface area contributed by atoms with Crippen molar-refractivity contribution < 1.29 is 19.1 Å². The first-order chi connectivity index (χ1) is 12.1. The maximum atomic E-state index is 12.4. The highest BCUT2D eigenvalue weighted by Crippen LogP contribution is 2.15. The van der Waals surface area contributed by atoms with Crippen molar-refractivity contribution in [3.63, 3.8) is 0 Å². The minimum absolute atomic E-state index is 0.213. The number of carbonyl (C=O) groups is 3. The molecule has 0 radical (unpaired) electrons. The van der Waals surface area contributed by atoms with E-state index in [1.54, 1.807) is 31.2 Å². The highest BCUT2D eigenvalue weighted by atomic mass is 16.5. The van der Waals surface area contributed by atoms with Gasteiger partial charge in [0, 0.05) is 6.54 Å². The van der Waals surface area contributed by atoms with Crippen molar-refractivity contribution in [3.05, 3.63) is 65.7 Å². The molecular formula is C19H20N2O4. The van der Waals surface area contributed by atoms with E-state index in [-0.39, 0.29) is 12.5 Å². The number of anilines is 1. The number of hydrogen-bond donors (Lipinski definition) is 2. The minimum Gasteiger partial charge on any atom is -0.466 e. The predicted molar refractivity (Wildman–Crippen MR) is 93.9 cm³/mol. The minimum atomic E-state index is -0.606. The first-order valence-corrected chi connectivity index (χ1v) is 7.96. The summed E-state index contributed by atoms with van der Waals surface area (Å²) in [7, 11) is 0. The summed E-state index contributed by atoms with van der Waals surface area (Å²) in [6, 6.07) is 16.1. The Balaban J connectivity index is 2.00. The molecule has 0 aliphatic carbocycles. The predicted octanol–water partition coefficient (Wildman–Crippen LogP) is 2.51. The van der Waals surface area contributed by atoms with Crippen LogP contribution >= 0.6 is 0 Å². The molecule has 2 amide bonds. The molecule has 2 rings (SSSR count). The van der Waals surface area contributed by atoms with Gasteiger partial charge in [-0.2, -0.15) is 0 Å². The van der Waals surface area contributed by atoms with Crippen LogP contribution in [-0.4, -0.2) is 24.4 Å². The fraction of sp³-hybridized carbons (Fsp3) is 0.211. The molecule has 2 N–H and O–H groups in total. The van der Waals surface area contributed by atoms with E-state index in [1.165, 1.54) is 0 Å². The van der Waals surface area contributed by atoms with Gasteiger partial charge in [0.2, 0.25) is 5.91 Å². The van der Waals surface area contributed by atoms with Gasteiger partial charge >= 0.3 is 5.97 Å². The molecule has 130 valence electrons. The molecule has 0 spiro atoms. The largest absolute Gasteiger partial charge is 0.466 e. The van der Waals surface area contributed by atoms with Crippen molar-refractivity contribution in [2.45, 2.75) is 19.9 Å². The quantitative estimate of drug-likeness (QED) is 0.599. The van der Waals surface area contributed by atoms with Gasteiger partial charge in [-0.3, -0.25) is 14.4 Å². The summed E-state index contributed by atoms with van der Waals surface area (Å²) in [5.74, 6) is -1.44. The van der Waals surface area contributed by atoms with Crippen LogP contribution in [0.1, 0.15) is 29.3 Å². The van der Waals surface area contributed by atoms with E-state index in [0.29, 0.717) is 17.8 Å². The number of carbonyl (C=O) groups excluding carboxylic acids is 3. The summed E-state index contributed by atoms with van der Waals surface area (Å²) in [6.45, 7) is 2.26. The monoisotopic (exact) mass is 340 g/mol. The molecule has 0 saturated heterocycles. The molecule has 25 heavy (non-hydrogen) atoms. The van der Waals surface area contributed by atoms with E-state index < -0.39 is 18.3 Å². The van der Waals surface area contributed by atoms with Gasteiger partial charge in [-0.05, 0) is 24.6 Å². The molecule has 0 aliphatic rings. The number of ether oxygens (including phenoxy) is 1. The molecule has 2 aromatic rings. The molecule has 0 heterocycles. The molecule has 0 unspecified atom stereocenters. The summed E-state index contributed by atoms with van der Waals surface area (Å²) in [5, 5.41) is 5.39. The fourth-order valence-corrected chi connectivity index (χ4v) is 2.20. The van der Waals surface area contributed by atoms with Gasteiger partial charge in [-0.25, -0.2) is 0 Å². The molecular weight excluding hydrogens is 320 g/mol. The van der Waals surface area contributed by atoms with Gasteiger partial charge in [-0.15, -0.1) is 0 Å². The van der Waals surface area contributed by atoms with Crippen LogP contribution in [0.25, 0.3) is 0 Å². The van der Waals surface area contributed by atoms with Crippen molar-refractivity contribution >= 4 is 23.5 Å². The topological polar surface area (TPSA) is 84.5 Å². The van der Waals surface area contributed by atoms with Gasteiger partial charge in [-0.1, -0.05) is 42.5 Å². The Morgan fingerprint density at radius 1 is 0.960 bits per heavy atom. The second-order valence-corrected chi connectivity index (χ2v) is 5.24. The summed E-state index contributed by atoms with van der Waals surface area (Å²) >= 11 is 0. The smallest absolute Gasteiger partial charge is 0.315 e. The van der Waals surface area contributed by atoms with Crippen LogP contribution in [0.15, 0.2) is 54.6 Å². The summed E-state index contributed by atoms with van der Waals surface area (Å²) in [5.41, 5.74) is 1.65. The summed E-state index contributed by atoms with van der Waals surface area (Å²) in [6.07, 6.45) is -0.395. The Labute approximate surface area is 146 Å². The van der Waals surface area contributed by atoms with Crippen molar-refractivity contribution in [2.75, 3.05) is 11.9 Å². The fourth-order valence-electron chi connectivity index (χ4n) is 2.20. The molecule has 6 nitrogen and oxygen atoms in total. The van der Waals surface area contributed by atoms with Crippen molar-refractivity contribution in [1.82, 2.24) is 5.32 Å².